The van der Waals surface area contributed by atoms with Gasteiger partial charge in [-0.1, -0.05) is 17.7 Å². The van der Waals surface area contributed by atoms with Crippen molar-refractivity contribution in [2.75, 3.05) is 14.2 Å². The van der Waals surface area contributed by atoms with Gasteiger partial charge in [-0.05, 0) is 36.5 Å². The predicted molar refractivity (Wildman–Crippen MR) is 113 cm³/mol. The van der Waals surface area contributed by atoms with Crippen LogP contribution in [-0.2, 0) is 19.2 Å². The number of methoxy groups -OCH3 is 1. The van der Waals surface area contributed by atoms with Crippen molar-refractivity contribution in [3.8, 4) is 11.5 Å². The molecule has 10 heteroatoms. The van der Waals surface area contributed by atoms with Crippen LogP contribution < -0.4 is 10.1 Å². The molecule has 2 aliphatic carbocycles. The van der Waals surface area contributed by atoms with E-state index in [1.54, 1.807) is 12.1 Å². The summed E-state index contributed by atoms with van der Waals surface area (Å²) in [6.45, 7) is 0. The van der Waals surface area contributed by atoms with Crippen LogP contribution in [0.3, 0.4) is 0 Å². The maximum atomic E-state index is 13.3. The molecule has 0 aromatic heterocycles. The molecule has 2 heterocycles. The van der Waals surface area contributed by atoms with Crippen molar-refractivity contribution in [2.24, 2.45) is 17.8 Å². The van der Waals surface area contributed by atoms with Crippen molar-refractivity contribution in [2.45, 2.75) is 28.5 Å². The van der Waals surface area contributed by atoms with E-state index in [4.69, 9.17) is 27.9 Å². The largest absolute Gasteiger partial charge is 0.504 e. The monoisotopic (exact) mass is 478 g/mol. The molecule has 8 nitrogen and oxygen atoms in total. The van der Waals surface area contributed by atoms with E-state index in [1.807, 2.05) is 6.08 Å². The summed E-state index contributed by atoms with van der Waals surface area (Å²) >= 11 is 14.0. The maximum Gasteiger partial charge on any atom is 0.253 e. The van der Waals surface area contributed by atoms with Crippen LogP contribution in [0.2, 0.25) is 0 Å². The second-order valence-corrected chi connectivity index (χ2v) is 10.0. The molecule has 3 fully saturated rings. The second kappa shape index (κ2) is 6.71. The molecule has 6 unspecified atom stereocenters. The van der Waals surface area contributed by atoms with Gasteiger partial charge in [0.25, 0.3) is 11.8 Å². The molecule has 4 amide bonds. The number of fused-ring (bicyclic) bond motifs is 4. The number of allylic oxidation sites excluding steroid dienone is 2. The smallest absolute Gasteiger partial charge is 0.253 e. The lowest BCUT2D eigenvalue weighted by molar-refractivity contribution is -0.138. The van der Waals surface area contributed by atoms with E-state index in [0.717, 1.165) is 4.90 Å². The lowest BCUT2D eigenvalue weighted by Crippen LogP contribution is -2.60. The highest BCUT2D eigenvalue weighted by Gasteiger charge is 2.75. The van der Waals surface area contributed by atoms with Crippen LogP contribution in [0.1, 0.15) is 24.3 Å². The summed E-state index contributed by atoms with van der Waals surface area (Å²) in [4.78, 5) is 48.8. The van der Waals surface area contributed by atoms with Crippen molar-refractivity contribution >= 4 is 46.8 Å². The van der Waals surface area contributed by atoms with Crippen molar-refractivity contribution in [3.05, 3.63) is 35.4 Å². The zero-order chi connectivity index (χ0) is 23.2. The molecule has 2 N–H and O–H groups in total. The van der Waals surface area contributed by atoms with Gasteiger partial charge in [0.1, 0.15) is 0 Å². The molecule has 1 aromatic rings. The fourth-order valence-electron chi connectivity index (χ4n) is 5.90. The van der Waals surface area contributed by atoms with Gasteiger partial charge in [-0.3, -0.25) is 29.4 Å². The van der Waals surface area contributed by atoms with Crippen LogP contribution in [0.15, 0.2) is 29.8 Å². The molecular weight excluding hydrogens is 459 g/mol. The fourth-order valence-corrected chi connectivity index (χ4v) is 6.92. The number of halogens is 2. The third kappa shape index (κ3) is 2.39. The van der Waals surface area contributed by atoms with E-state index in [9.17, 15) is 24.3 Å². The van der Waals surface area contributed by atoms with Gasteiger partial charge in [-0.25, -0.2) is 0 Å². The average molecular weight is 479 g/mol. The summed E-state index contributed by atoms with van der Waals surface area (Å²) in [6, 6.07) is 4.55. The SMILES string of the molecule is COc1cc(C2C3=CCC4C(=O)NC(=O)C4C3CC3(Cl)C(=O)N(C)C(=O)C23Cl)ccc1O. The van der Waals surface area contributed by atoms with Gasteiger partial charge in [-0.15, -0.1) is 23.2 Å². The average Bonchev–Trinajstić information content (AvgIpc) is 3.12. The Morgan fingerprint density at radius 3 is 2.53 bits per heavy atom. The number of benzene rings is 1. The lowest BCUT2D eigenvalue weighted by Gasteiger charge is -2.50. The predicted octanol–water partition coefficient (Wildman–Crippen LogP) is 1.68. The first kappa shape index (κ1) is 21.3. The zero-order valence-corrected chi connectivity index (χ0v) is 18.7. The van der Waals surface area contributed by atoms with E-state index in [-0.39, 0.29) is 23.8 Å². The number of alkyl halides is 2. The minimum Gasteiger partial charge on any atom is -0.504 e. The molecule has 168 valence electrons. The van der Waals surface area contributed by atoms with E-state index in [0.29, 0.717) is 17.6 Å². The molecule has 5 rings (SSSR count). The number of amides is 4. The van der Waals surface area contributed by atoms with E-state index in [1.165, 1.54) is 20.2 Å². The minimum absolute atomic E-state index is 0.0492. The summed E-state index contributed by atoms with van der Waals surface area (Å²) in [5.41, 5.74) is 1.20. The molecule has 1 aromatic carbocycles. The quantitative estimate of drug-likeness (QED) is 0.379. The Labute approximate surface area is 193 Å². The number of phenols is 1. The van der Waals surface area contributed by atoms with Crippen molar-refractivity contribution in [1.29, 1.82) is 0 Å². The number of carbonyl (C=O) groups excluding carboxylic acids is 4. The topological polar surface area (TPSA) is 113 Å². The van der Waals surface area contributed by atoms with Crippen LogP contribution in [-0.4, -0.2) is 57.5 Å². The van der Waals surface area contributed by atoms with Gasteiger partial charge in [0, 0.05) is 13.0 Å². The Morgan fingerprint density at radius 2 is 1.84 bits per heavy atom. The highest BCUT2D eigenvalue weighted by molar-refractivity contribution is 6.53. The third-order valence-electron chi connectivity index (χ3n) is 7.39. The molecule has 2 aliphatic heterocycles. The van der Waals surface area contributed by atoms with Gasteiger partial charge in [0.15, 0.2) is 21.2 Å². The highest BCUT2D eigenvalue weighted by atomic mass is 35.5. The van der Waals surface area contributed by atoms with Crippen molar-refractivity contribution < 1.29 is 29.0 Å². The number of rotatable bonds is 2. The number of imide groups is 2. The molecule has 6 atom stereocenters. The summed E-state index contributed by atoms with van der Waals surface area (Å²) in [5, 5.41) is 12.5. The first-order valence-electron chi connectivity index (χ1n) is 10.2. The minimum atomic E-state index is -1.85. The maximum absolute atomic E-state index is 13.3. The van der Waals surface area contributed by atoms with E-state index in [2.05, 4.69) is 5.32 Å². The van der Waals surface area contributed by atoms with Crippen molar-refractivity contribution in [3.63, 3.8) is 0 Å². The van der Waals surface area contributed by atoms with Crippen LogP contribution in [0, 0.1) is 17.8 Å². The molecule has 32 heavy (non-hydrogen) atoms. The summed E-state index contributed by atoms with van der Waals surface area (Å²) in [7, 11) is 2.72. The number of nitrogens with zero attached hydrogens (tertiary/aromatic N) is 1. The van der Waals surface area contributed by atoms with Crippen molar-refractivity contribution in [1.82, 2.24) is 10.2 Å². The van der Waals surface area contributed by atoms with E-state index >= 15 is 0 Å². The number of ether oxygens (including phenoxy) is 1. The Kier molecular flexibility index (Phi) is 4.46. The lowest BCUT2D eigenvalue weighted by atomic mass is 9.56. The highest BCUT2D eigenvalue weighted by Crippen LogP contribution is 2.65. The first-order chi connectivity index (χ1) is 15.1. The van der Waals surface area contributed by atoms with Crippen LogP contribution >= 0.6 is 23.2 Å². The normalized spacial score (nSPS) is 38.1. The summed E-state index contributed by atoms with van der Waals surface area (Å²) in [6.07, 6.45) is 2.09. The van der Waals surface area contributed by atoms with Crippen LogP contribution in [0.25, 0.3) is 0 Å². The molecule has 1 saturated carbocycles. The zero-order valence-electron chi connectivity index (χ0n) is 17.2. The Bertz CT molecular complexity index is 1140. The molecule has 0 bridgehead atoms. The van der Waals surface area contributed by atoms with Crippen LogP contribution in [0.4, 0.5) is 0 Å². The van der Waals surface area contributed by atoms with Gasteiger partial charge in [0.05, 0.1) is 18.9 Å². The van der Waals surface area contributed by atoms with Gasteiger partial charge in [-0.2, -0.15) is 0 Å². The first-order valence-corrected chi connectivity index (χ1v) is 10.9. The number of nitrogens with one attached hydrogen (secondary N) is 1. The number of phenolic OH excluding ortho intramolecular Hbond substituents is 1. The molecular formula is C22H20Cl2N2O6. The number of hydrogen-bond acceptors (Lipinski definition) is 6. The van der Waals surface area contributed by atoms with Gasteiger partial charge < -0.3 is 9.84 Å². The number of hydrogen-bond donors (Lipinski definition) is 2. The molecule has 4 aliphatic rings. The fraction of sp³-hybridized carbons (Fsp3) is 0.455. The number of carbonyl (C=O) groups is 4. The third-order valence-corrected chi connectivity index (χ3v) is 8.81. The Morgan fingerprint density at radius 1 is 1.12 bits per heavy atom. The second-order valence-electron chi connectivity index (χ2n) is 8.78. The van der Waals surface area contributed by atoms with Crippen LogP contribution in [0.5, 0.6) is 11.5 Å². The standard InChI is InChI=1S/C22H20Cl2N2O6/c1-26-19(30)21(23)8-12-10(4-5-11-15(12)18(29)25-17(11)28)16(22(21,24)20(26)31)9-3-6-13(27)14(7-9)32-2/h3-4,6-7,11-12,15-16,27H,5,8H2,1-2H3,(H,25,28,29). The Balaban J connectivity index is 1.76. The number of likely N-dealkylation sites (tertiary alicyclic amines) is 1. The van der Waals surface area contributed by atoms with Gasteiger partial charge >= 0.3 is 0 Å². The molecule has 2 saturated heterocycles. The Hall–Kier alpha value is -2.58. The summed E-state index contributed by atoms with van der Waals surface area (Å²) in [5.74, 6) is -4.66. The summed E-state index contributed by atoms with van der Waals surface area (Å²) < 4.78 is 5.23. The molecule has 0 radical (unpaired) electrons. The van der Waals surface area contributed by atoms with E-state index < -0.39 is 51.1 Å². The van der Waals surface area contributed by atoms with Gasteiger partial charge in [0.2, 0.25) is 11.8 Å². The number of aromatic hydroxyl groups is 1. The molecule has 0 spiro atoms.